The van der Waals surface area contributed by atoms with E-state index in [-0.39, 0.29) is 23.7 Å². The van der Waals surface area contributed by atoms with Gasteiger partial charge in [0, 0.05) is 45.3 Å². The summed E-state index contributed by atoms with van der Waals surface area (Å²) in [6.07, 6.45) is 5.40. The number of piperidine rings is 1. The van der Waals surface area contributed by atoms with Gasteiger partial charge >= 0.3 is 0 Å². The van der Waals surface area contributed by atoms with Crippen LogP contribution in [0.5, 0.6) is 5.75 Å². The second-order valence-corrected chi connectivity index (χ2v) is 7.55. The highest BCUT2D eigenvalue weighted by atomic mass is 16.5. The molecular formula is C22H31N3O4. The Morgan fingerprint density at radius 3 is 3.07 bits per heavy atom. The minimum Gasteiger partial charge on any atom is -0.489 e. The molecule has 2 bridgehead atoms. The summed E-state index contributed by atoms with van der Waals surface area (Å²) in [6, 6.07) is 7.87. The van der Waals surface area contributed by atoms with E-state index in [4.69, 9.17) is 9.47 Å². The Labute approximate surface area is 172 Å². The van der Waals surface area contributed by atoms with Crippen LogP contribution in [-0.4, -0.2) is 63.2 Å². The summed E-state index contributed by atoms with van der Waals surface area (Å²) in [5, 5.41) is 6.14. The summed E-state index contributed by atoms with van der Waals surface area (Å²) in [4.78, 5) is 26.8. The molecule has 2 amide bonds. The first-order chi connectivity index (χ1) is 14.2. The van der Waals surface area contributed by atoms with E-state index in [1.807, 2.05) is 35.2 Å². The van der Waals surface area contributed by atoms with Gasteiger partial charge in [0.2, 0.25) is 11.8 Å². The summed E-state index contributed by atoms with van der Waals surface area (Å²) in [5.41, 5.74) is 1.04. The van der Waals surface area contributed by atoms with Gasteiger partial charge in [0.1, 0.15) is 12.4 Å². The van der Waals surface area contributed by atoms with Gasteiger partial charge in [-0.3, -0.25) is 9.59 Å². The van der Waals surface area contributed by atoms with Crippen LogP contribution in [0.4, 0.5) is 0 Å². The molecule has 158 valence electrons. The van der Waals surface area contributed by atoms with Crippen LogP contribution in [0.3, 0.4) is 0 Å². The van der Waals surface area contributed by atoms with E-state index in [1.165, 1.54) is 0 Å². The Kier molecular flexibility index (Phi) is 8.07. The van der Waals surface area contributed by atoms with Crippen molar-refractivity contribution in [1.82, 2.24) is 15.5 Å². The molecule has 1 fully saturated rings. The smallest absolute Gasteiger partial charge is 0.236 e. The minimum absolute atomic E-state index is 0.0370. The van der Waals surface area contributed by atoms with E-state index in [0.717, 1.165) is 17.7 Å². The minimum atomic E-state index is 0.0370. The van der Waals surface area contributed by atoms with E-state index in [0.29, 0.717) is 52.4 Å². The molecule has 7 heteroatoms. The molecule has 3 rings (SSSR count). The fourth-order valence-electron chi connectivity index (χ4n) is 3.91. The Bertz CT molecular complexity index is 722. The molecule has 2 N–H and O–H groups in total. The fraction of sp³-hybridized carbons (Fsp3) is 0.545. The van der Waals surface area contributed by atoms with Crippen molar-refractivity contribution in [2.45, 2.75) is 19.4 Å². The van der Waals surface area contributed by atoms with Crippen LogP contribution in [0.25, 0.3) is 0 Å². The monoisotopic (exact) mass is 401 g/mol. The van der Waals surface area contributed by atoms with Gasteiger partial charge in [-0.05, 0) is 24.3 Å². The summed E-state index contributed by atoms with van der Waals surface area (Å²) < 4.78 is 10.9. The molecular weight excluding hydrogens is 370 g/mol. The Morgan fingerprint density at radius 1 is 1.34 bits per heavy atom. The van der Waals surface area contributed by atoms with Crippen LogP contribution in [0.2, 0.25) is 0 Å². The first kappa shape index (κ1) is 21.3. The largest absolute Gasteiger partial charge is 0.489 e. The third kappa shape index (κ3) is 6.30. The van der Waals surface area contributed by atoms with Gasteiger partial charge in [0.15, 0.2) is 0 Å². The number of rotatable bonds is 5. The number of fused-ring (bicyclic) bond motifs is 3. The van der Waals surface area contributed by atoms with Crippen molar-refractivity contribution in [3.05, 3.63) is 42.0 Å². The number of nitrogens with one attached hydrogen (secondary N) is 2. The van der Waals surface area contributed by atoms with Crippen LogP contribution in [0.1, 0.15) is 18.4 Å². The molecule has 2 heterocycles. The molecule has 2 atom stereocenters. The maximum absolute atomic E-state index is 12.7. The molecule has 0 spiro atoms. The molecule has 29 heavy (non-hydrogen) atoms. The number of ether oxygens (including phenoxy) is 2. The summed E-state index contributed by atoms with van der Waals surface area (Å²) in [7, 11) is 1.62. The van der Waals surface area contributed by atoms with Crippen molar-refractivity contribution in [2.24, 2.45) is 11.8 Å². The van der Waals surface area contributed by atoms with E-state index < -0.39 is 0 Å². The first-order valence-electron chi connectivity index (χ1n) is 10.3. The van der Waals surface area contributed by atoms with E-state index >= 15 is 0 Å². The summed E-state index contributed by atoms with van der Waals surface area (Å²) in [6.45, 7) is 3.71. The van der Waals surface area contributed by atoms with E-state index in [2.05, 4.69) is 16.7 Å². The number of carbonyl (C=O) groups excluding carboxylic acids is 2. The maximum atomic E-state index is 12.7. The zero-order valence-electron chi connectivity index (χ0n) is 17.1. The number of nitrogens with zero attached hydrogens (tertiary/aromatic N) is 1. The van der Waals surface area contributed by atoms with Gasteiger partial charge in [-0.1, -0.05) is 30.4 Å². The quantitative estimate of drug-likeness (QED) is 0.575. The molecule has 2 aliphatic heterocycles. The van der Waals surface area contributed by atoms with Crippen LogP contribution in [-0.2, 0) is 20.9 Å². The topological polar surface area (TPSA) is 79.9 Å². The number of amides is 2. The fourth-order valence-corrected chi connectivity index (χ4v) is 3.91. The number of para-hydroxylation sites is 1. The Hall–Kier alpha value is -2.38. The van der Waals surface area contributed by atoms with Crippen molar-refractivity contribution >= 4 is 11.8 Å². The highest BCUT2D eigenvalue weighted by Crippen LogP contribution is 2.28. The van der Waals surface area contributed by atoms with Crippen LogP contribution < -0.4 is 15.4 Å². The molecule has 2 aliphatic rings. The average molecular weight is 402 g/mol. The number of benzene rings is 1. The SMILES string of the molecule is COCCNC(=O)C[C@@H]1CCN2C[C@@H]1/C=C/COc1ccccc1CNCC2=O. The lowest BCUT2D eigenvalue weighted by molar-refractivity contribution is -0.132. The lowest BCUT2D eigenvalue weighted by Gasteiger charge is -2.37. The molecule has 1 saturated heterocycles. The van der Waals surface area contributed by atoms with Gasteiger partial charge in [0.25, 0.3) is 0 Å². The van der Waals surface area contributed by atoms with Crippen molar-refractivity contribution in [1.29, 1.82) is 0 Å². The number of carbonyl (C=O) groups is 2. The molecule has 0 saturated carbocycles. The summed E-state index contributed by atoms with van der Waals surface area (Å²) in [5.74, 6) is 1.32. The van der Waals surface area contributed by atoms with Crippen molar-refractivity contribution in [2.75, 3.05) is 46.5 Å². The molecule has 7 nitrogen and oxygen atoms in total. The van der Waals surface area contributed by atoms with E-state index in [1.54, 1.807) is 7.11 Å². The molecule has 0 radical (unpaired) electrons. The lowest BCUT2D eigenvalue weighted by atomic mass is 9.82. The first-order valence-corrected chi connectivity index (χ1v) is 10.3. The molecule has 1 aromatic carbocycles. The predicted molar refractivity (Wildman–Crippen MR) is 110 cm³/mol. The Balaban J connectivity index is 1.67. The third-order valence-electron chi connectivity index (χ3n) is 5.52. The lowest BCUT2D eigenvalue weighted by Crippen LogP contribution is -2.47. The van der Waals surface area contributed by atoms with Crippen molar-refractivity contribution < 1.29 is 19.1 Å². The van der Waals surface area contributed by atoms with Gasteiger partial charge in [-0.25, -0.2) is 0 Å². The van der Waals surface area contributed by atoms with Gasteiger partial charge in [0.05, 0.1) is 13.2 Å². The highest BCUT2D eigenvalue weighted by molar-refractivity contribution is 5.79. The molecule has 0 unspecified atom stereocenters. The van der Waals surface area contributed by atoms with Crippen molar-refractivity contribution in [3.8, 4) is 5.75 Å². The standard InChI is InChI=1S/C22H31N3O4/c1-28-12-9-24-21(26)13-17-8-10-25-16-19(17)6-4-11-29-20-7-3-2-5-18(20)14-23-15-22(25)27/h2-7,17,19,23H,8-16H2,1H3,(H,24,26)/b6-4+/t17-,19-/m0/s1. The predicted octanol–water partition coefficient (Wildman–Crippen LogP) is 1.34. The van der Waals surface area contributed by atoms with Crippen LogP contribution in [0, 0.1) is 11.8 Å². The second kappa shape index (κ2) is 11.0. The zero-order valence-corrected chi connectivity index (χ0v) is 17.1. The average Bonchev–Trinajstić information content (AvgIpc) is 2.73. The zero-order chi connectivity index (χ0) is 20.5. The number of methoxy groups -OCH3 is 1. The second-order valence-electron chi connectivity index (χ2n) is 7.55. The van der Waals surface area contributed by atoms with Gasteiger partial charge in [-0.2, -0.15) is 0 Å². The van der Waals surface area contributed by atoms with Gasteiger partial charge in [-0.15, -0.1) is 0 Å². The van der Waals surface area contributed by atoms with Gasteiger partial charge < -0.3 is 25.0 Å². The summed E-state index contributed by atoms with van der Waals surface area (Å²) >= 11 is 0. The third-order valence-corrected chi connectivity index (χ3v) is 5.52. The normalized spacial score (nSPS) is 23.6. The number of hydrogen-bond acceptors (Lipinski definition) is 5. The highest BCUT2D eigenvalue weighted by Gasteiger charge is 2.31. The van der Waals surface area contributed by atoms with Crippen molar-refractivity contribution in [3.63, 3.8) is 0 Å². The molecule has 0 aliphatic carbocycles. The number of hydrogen-bond donors (Lipinski definition) is 2. The molecule has 0 aromatic heterocycles. The van der Waals surface area contributed by atoms with Crippen LogP contribution in [0.15, 0.2) is 36.4 Å². The molecule has 1 aromatic rings. The van der Waals surface area contributed by atoms with E-state index in [9.17, 15) is 9.59 Å². The van der Waals surface area contributed by atoms with Crippen LogP contribution >= 0.6 is 0 Å². The maximum Gasteiger partial charge on any atom is 0.236 e. The Morgan fingerprint density at radius 2 is 2.21 bits per heavy atom.